The Kier molecular flexibility index (Phi) is 5.85. The maximum atomic E-state index is 13.4. The van der Waals surface area contributed by atoms with E-state index < -0.39 is 17.8 Å². The van der Waals surface area contributed by atoms with E-state index in [9.17, 15) is 18.0 Å². The Morgan fingerprint density at radius 1 is 1.19 bits per heavy atom. The van der Waals surface area contributed by atoms with E-state index in [1.807, 2.05) is 0 Å². The van der Waals surface area contributed by atoms with Crippen LogP contribution in [0, 0.1) is 0 Å². The third-order valence-electron chi connectivity index (χ3n) is 4.94. The molecule has 1 aliphatic heterocycles. The molecular formula is C22H19F3N4O3. The molecule has 0 spiro atoms. The van der Waals surface area contributed by atoms with Gasteiger partial charge >= 0.3 is 12.2 Å². The number of halogens is 3. The highest BCUT2D eigenvalue weighted by Gasteiger charge is 2.37. The summed E-state index contributed by atoms with van der Waals surface area (Å²) >= 11 is 0. The maximum Gasteiger partial charge on any atom is 0.420 e. The van der Waals surface area contributed by atoms with Crippen molar-refractivity contribution < 1.29 is 27.4 Å². The number of ether oxygens (including phenoxy) is 2. The van der Waals surface area contributed by atoms with Gasteiger partial charge in [-0.2, -0.15) is 18.2 Å². The molecule has 0 unspecified atom stereocenters. The van der Waals surface area contributed by atoms with Crippen molar-refractivity contribution in [1.29, 1.82) is 0 Å². The van der Waals surface area contributed by atoms with Gasteiger partial charge < -0.3 is 9.47 Å². The first kappa shape index (κ1) is 21.4. The molecule has 0 fully saturated rings. The molecule has 0 aliphatic carbocycles. The lowest BCUT2D eigenvalue weighted by Crippen LogP contribution is -2.33. The summed E-state index contributed by atoms with van der Waals surface area (Å²) in [6.07, 6.45) is -0.889. The van der Waals surface area contributed by atoms with E-state index in [2.05, 4.69) is 15.3 Å². The van der Waals surface area contributed by atoms with Crippen molar-refractivity contribution in [1.82, 2.24) is 9.97 Å². The van der Waals surface area contributed by atoms with Crippen molar-refractivity contribution in [3.05, 3.63) is 71.5 Å². The minimum atomic E-state index is -4.60. The molecule has 0 atom stereocenters. The fraction of sp³-hybridized carbons (Fsp3) is 0.227. The number of benzene rings is 1. The predicted molar refractivity (Wildman–Crippen MR) is 111 cm³/mol. The molecule has 3 aromatic rings. The number of carbonyl (C=O) groups is 1. The van der Waals surface area contributed by atoms with Crippen molar-refractivity contribution in [2.45, 2.75) is 19.2 Å². The summed E-state index contributed by atoms with van der Waals surface area (Å²) in [5.41, 5.74) is 0.775. The summed E-state index contributed by atoms with van der Waals surface area (Å²) in [5.74, 6) is 0.255. The Balaban J connectivity index is 1.49. The molecule has 1 N–H and O–H groups in total. The van der Waals surface area contributed by atoms with Crippen LogP contribution < -0.4 is 19.7 Å². The average molecular weight is 444 g/mol. The number of anilines is 2. The average Bonchev–Trinajstić information content (AvgIpc) is 3.20. The van der Waals surface area contributed by atoms with Crippen molar-refractivity contribution in [2.24, 2.45) is 0 Å². The fourth-order valence-corrected chi connectivity index (χ4v) is 3.39. The third kappa shape index (κ3) is 4.58. The van der Waals surface area contributed by atoms with Crippen LogP contribution in [0.2, 0.25) is 0 Å². The lowest BCUT2D eigenvalue weighted by atomic mass is 10.1. The van der Waals surface area contributed by atoms with Crippen LogP contribution in [0.5, 0.6) is 11.6 Å². The number of rotatable bonds is 5. The number of urea groups is 1. The van der Waals surface area contributed by atoms with Gasteiger partial charge in [-0.25, -0.2) is 4.79 Å². The van der Waals surface area contributed by atoms with Crippen LogP contribution in [-0.2, 0) is 19.2 Å². The van der Waals surface area contributed by atoms with Gasteiger partial charge in [-0.1, -0.05) is 6.07 Å². The van der Waals surface area contributed by atoms with Gasteiger partial charge in [-0.3, -0.25) is 15.2 Å². The second-order valence-electron chi connectivity index (χ2n) is 7.02. The molecular weight excluding hydrogens is 425 g/mol. The van der Waals surface area contributed by atoms with Gasteiger partial charge in [0, 0.05) is 30.7 Å². The molecule has 0 radical (unpaired) electrons. The van der Waals surface area contributed by atoms with E-state index in [4.69, 9.17) is 9.47 Å². The summed E-state index contributed by atoms with van der Waals surface area (Å²) in [7, 11) is 1.19. The molecule has 2 amide bonds. The van der Waals surface area contributed by atoms with Gasteiger partial charge in [0.05, 0.1) is 12.7 Å². The highest BCUT2D eigenvalue weighted by molar-refractivity contribution is 6.02. The summed E-state index contributed by atoms with van der Waals surface area (Å²) in [6, 6.07) is 10.2. The number of hydrogen-bond acceptors (Lipinski definition) is 5. The number of fused-ring (bicyclic) bond motifs is 1. The second-order valence-corrected chi connectivity index (χ2v) is 7.02. The molecule has 0 saturated carbocycles. The minimum Gasteiger partial charge on any atom is -0.496 e. The normalized spacial score (nSPS) is 12.9. The molecule has 166 valence electrons. The van der Waals surface area contributed by atoms with Crippen LogP contribution in [0.25, 0.3) is 0 Å². The number of methoxy groups -OCH3 is 1. The highest BCUT2D eigenvalue weighted by Crippen LogP contribution is 2.42. The standard InChI is InChI=1S/C22H19F3N4O3/c1-31-18-11-15-7-10-29(17(15)12-16(18)22(23,24)25)21(30)28-19-3-2-4-20(27-19)32-13-14-5-8-26-9-6-14/h2-6,8-9,11-12H,7,10,13H2,1H3,(H,27,28,30). The summed E-state index contributed by atoms with van der Waals surface area (Å²) in [5, 5.41) is 2.62. The number of alkyl halides is 3. The molecule has 1 aromatic carbocycles. The zero-order valence-electron chi connectivity index (χ0n) is 17.0. The molecule has 10 heteroatoms. The van der Waals surface area contributed by atoms with Crippen LogP contribution >= 0.6 is 0 Å². The first-order chi connectivity index (χ1) is 15.3. The first-order valence-electron chi connectivity index (χ1n) is 9.70. The SMILES string of the molecule is COc1cc2c(cc1C(F)(F)F)N(C(=O)Nc1cccc(OCc3ccncc3)n1)CC2. The molecule has 2 aromatic heterocycles. The van der Waals surface area contributed by atoms with Crippen molar-refractivity contribution >= 4 is 17.5 Å². The number of carbonyl (C=O) groups excluding carboxylic acids is 1. The fourth-order valence-electron chi connectivity index (χ4n) is 3.39. The second kappa shape index (κ2) is 8.74. The van der Waals surface area contributed by atoms with Crippen LogP contribution in [0.1, 0.15) is 16.7 Å². The summed E-state index contributed by atoms with van der Waals surface area (Å²) in [4.78, 5) is 22.2. The van der Waals surface area contributed by atoms with E-state index in [0.717, 1.165) is 11.6 Å². The van der Waals surface area contributed by atoms with Gasteiger partial charge in [0.25, 0.3) is 0 Å². The van der Waals surface area contributed by atoms with Gasteiger partial charge in [-0.05, 0) is 47.9 Å². The molecule has 0 bridgehead atoms. The quantitative estimate of drug-likeness (QED) is 0.619. The van der Waals surface area contributed by atoms with Crippen LogP contribution in [-0.4, -0.2) is 29.7 Å². The van der Waals surface area contributed by atoms with E-state index in [1.54, 1.807) is 42.7 Å². The lowest BCUT2D eigenvalue weighted by molar-refractivity contribution is -0.138. The van der Waals surface area contributed by atoms with Gasteiger partial charge in [0.15, 0.2) is 0 Å². The number of hydrogen-bond donors (Lipinski definition) is 1. The van der Waals surface area contributed by atoms with E-state index in [0.29, 0.717) is 17.9 Å². The maximum absolute atomic E-state index is 13.4. The van der Waals surface area contributed by atoms with E-state index >= 15 is 0 Å². The Bertz CT molecular complexity index is 1120. The number of amides is 2. The first-order valence-corrected chi connectivity index (χ1v) is 9.70. The Hall–Kier alpha value is -3.82. The molecule has 32 heavy (non-hydrogen) atoms. The Morgan fingerprint density at radius 3 is 2.69 bits per heavy atom. The summed E-state index contributed by atoms with van der Waals surface area (Å²) in [6.45, 7) is 0.512. The van der Waals surface area contributed by atoms with Crippen LogP contribution in [0.15, 0.2) is 54.9 Å². The van der Waals surface area contributed by atoms with Gasteiger partial charge in [0.2, 0.25) is 5.88 Å². The molecule has 1 aliphatic rings. The lowest BCUT2D eigenvalue weighted by Gasteiger charge is -2.20. The van der Waals surface area contributed by atoms with Crippen LogP contribution in [0.4, 0.5) is 29.5 Å². The van der Waals surface area contributed by atoms with Crippen molar-refractivity contribution in [3.63, 3.8) is 0 Å². The van der Waals surface area contributed by atoms with Crippen molar-refractivity contribution in [2.75, 3.05) is 23.9 Å². The predicted octanol–water partition coefficient (Wildman–Crippen LogP) is 4.68. The van der Waals surface area contributed by atoms with Gasteiger partial charge in [0.1, 0.15) is 18.2 Å². The minimum absolute atomic E-state index is 0.195. The number of aromatic nitrogens is 2. The molecule has 4 rings (SSSR count). The monoisotopic (exact) mass is 444 g/mol. The Morgan fingerprint density at radius 2 is 1.97 bits per heavy atom. The summed E-state index contributed by atoms with van der Waals surface area (Å²) < 4.78 is 50.7. The molecule has 7 nitrogen and oxygen atoms in total. The molecule has 3 heterocycles. The van der Waals surface area contributed by atoms with Gasteiger partial charge in [-0.15, -0.1) is 0 Å². The zero-order chi connectivity index (χ0) is 22.7. The van der Waals surface area contributed by atoms with Crippen LogP contribution in [0.3, 0.4) is 0 Å². The van der Waals surface area contributed by atoms with Crippen molar-refractivity contribution in [3.8, 4) is 11.6 Å². The van der Waals surface area contributed by atoms with E-state index in [1.165, 1.54) is 18.1 Å². The third-order valence-corrected chi connectivity index (χ3v) is 4.94. The largest absolute Gasteiger partial charge is 0.496 e. The number of nitrogens with zero attached hydrogens (tertiary/aromatic N) is 3. The zero-order valence-corrected chi connectivity index (χ0v) is 17.0. The topological polar surface area (TPSA) is 76.6 Å². The highest BCUT2D eigenvalue weighted by atomic mass is 19.4. The molecule has 0 saturated heterocycles. The smallest absolute Gasteiger partial charge is 0.420 e. The number of pyridine rings is 2. The Labute approximate surface area is 181 Å². The van der Waals surface area contributed by atoms with E-state index in [-0.39, 0.29) is 30.4 Å². The number of nitrogens with one attached hydrogen (secondary N) is 1.